The van der Waals surface area contributed by atoms with E-state index in [0.29, 0.717) is 11.4 Å². The van der Waals surface area contributed by atoms with E-state index in [0.717, 1.165) is 16.7 Å². The Balaban J connectivity index is 1.35. The number of ether oxygens (including phenoxy) is 1. The Morgan fingerprint density at radius 2 is 1.76 bits per heavy atom. The van der Waals surface area contributed by atoms with Gasteiger partial charge < -0.3 is 15.4 Å². The van der Waals surface area contributed by atoms with E-state index < -0.39 is 6.03 Å². The highest BCUT2D eigenvalue weighted by Crippen LogP contribution is 2.19. The summed E-state index contributed by atoms with van der Waals surface area (Å²) in [6.07, 6.45) is 1.61. The summed E-state index contributed by atoms with van der Waals surface area (Å²) in [5.41, 5.74) is 3.58. The van der Waals surface area contributed by atoms with Crippen molar-refractivity contribution in [2.24, 2.45) is 0 Å². The highest BCUT2D eigenvalue weighted by Gasteiger charge is 2.33. The maximum Gasteiger partial charge on any atom is 0.329 e. The zero-order valence-corrected chi connectivity index (χ0v) is 18.1. The van der Waals surface area contributed by atoms with E-state index in [-0.39, 0.29) is 30.7 Å². The molecule has 33 heavy (non-hydrogen) atoms. The quantitative estimate of drug-likeness (QED) is 0.427. The monoisotopic (exact) mass is 441 g/mol. The van der Waals surface area contributed by atoms with E-state index in [1.807, 2.05) is 49.4 Å². The van der Waals surface area contributed by atoms with Crippen LogP contribution in [-0.4, -0.2) is 29.4 Å². The Labute approximate surface area is 191 Å². The topological polar surface area (TPSA) is 87.7 Å². The van der Waals surface area contributed by atoms with Crippen molar-refractivity contribution in [3.8, 4) is 5.75 Å². The number of benzene rings is 3. The molecule has 0 spiro atoms. The average Bonchev–Trinajstić information content (AvgIpc) is 3.07. The van der Waals surface area contributed by atoms with Crippen molar-refractivity contribution in [1.82, 2.24) is 10.2 Å². The molecule has 0 aromatic heterocycles. The van der Waals surface area contributed by atoms with Crippen LogP contribution in [0, 0.1) is 6.92 Å². The van der Waals surface area contributed by atoms with Crippen LogP contribution >= 0.6 is 0 Å². The minimum Gasteiger partial charge on any atom is -0.484 e. The second kappa shape index (κ2) is 9.82. The number of urea groups is 1. The zero-order chi connectivity index (χ0) is 23.2. The van der Waals surface area contributed by atoms with Crippen LogP contribution in [0.15, 0.2) is 84.6 Å². The maximum absolute atomic E-state index is 12.7. The van der Waals surface area contributed by atoms with Gasteiger partial charge in [-0.25, -0.2) is 4.79 Å². The number of nitrogens with zero attached hydrogens (tertiary/aromatic N) is 1. The predicted molar refractivity (Wildman–Crippen MR) is 125 cm³/mol. The third kappa shape index (κ3) is 5.65. The normalized spacial score (nSPS) is 14.3. The average molecular weight is 441 g/mol. The molecule has 1 aliphatic heterocycles. The molecule has 4 rings (SSSR count). The third-order valence-electron chi connectivity index (χ3n) is 5.00. The summed E-state index contributed by atoms with van der Waals surface area (Å²) in [5, 5.41) is 5.38. The Morgan fingerprint density at radius 3 is 2.48 bits per heavy atom. The minimum absolute atomic E-state index is 0.127. The molecule has 0 saturated carbocycles. The predicted octanol–water partition coefficient (Wildman–Crippen LogP) is 4.11. The van der Waals surface area contributed by atoms with Crippen molar-refractivity contribution < 1.29 is 19.1 Å². The Hall–Kier alpha value is -4.39. The number of imide groups is 1. The van der Waals surface area contributed by atoms with E-state index in [2.05, 4.69) is 10.6 Å². The second-order valence-corrected chi connectivity index (χ2v) is 7.64. The van der Waals surface area contributed by atoms with Gasteiger partial charge in [-0.05, 0) is 48.4 Å². The van der Waals surface area contributed by atoms with E-state index in [1.165, 1.54) is 4.90 Å². The number of para-hydroxylation sites is 1. The largest absolute Gasteiger partial charge is 0.484 e. The van der Waals surface area contributed by atoms with Gasteiger partial charge in [0, 0.05) is 5.69 Å². The lowest BCUT2D eigenvalue weighted by Crippen LogP contribution is -2.30. The molecular weight excluding hydrogens is 418 g/mol. The number of nitrogens with one attached hydrogen (secondary N) is 2. The minimum atomic E-state index is -0.447. The third-order valence-corrected chi connectivity index (χ3v) is 5.00. The molecule has 0 aliphatic carbocycles. The molecule has 1 fully saturated rings. The van der Waals surface area contributed by atoms with Crippen molar-refractivity contribution in [3.63, 3.8) is 0 Å². The first kappa shape index (κ1) is 21.8. The van der Waals surface area contributed by atoms with E-state index in [9.17, 15) is 14.4 Å². The molecule has 2 N–H and O–H groups in total. The number of carbonyl (C=O) groups excluding carboxylic acids is 3. The zero-order valence-electron chi connectivity index (χ0n) is 18.1. The van der Waals surface area contributed by atoms with Gasteiger partial charge in [-0.1, -0.05) is 60.2 Å². The van der Waals surface area contributed by atoms with Crippen molar-refractivity contribution in [1.29, 1.82) is 0 Å². The van der Waals surface area contributed by atoms with Crippen LogP contribution in [0.3, 0.4) is 0 Å². The van der Waals surface area contributed by atoms with Gasteiger partial charge >= 0.3 is 6.03 Å². The summed E-state index contributed by atoms with van der Waals surface area (Å²) < 4.78 is 5.52. The van der Waals surface area contributed by atoms with E-state index >= 15 is 0 Å². The van der Waals surface area contributed by atoms with Crippen LogP contribution in [0.5, 0.6) is 5.75 Å². The van der Waals surface area contributed by atoms with Crippen LogP contribution in [0.2, 0.25) is 0 Å². The van der Waals surface area contributed by atoms with Gasteiger partial charge in [0.25, 0.3) is 11.8 Å². The summed E-state index contributed by atoms with van der Waals surface area (Å²) in [6, 6.07) is 23.3. The van der Waals surface area contributed by atoms with Gasteiger partial charge in [-0.15, -0.1) is 0 Å². The van der Waals surface area contributed by atoms with Gasteiger partial charge in [0.05, 0.1) is 6.54 Å². The van der Waals surface area contributed by atoms with Gasteiger partial charge in [0.2, 0.25) is 0 Å². The number of anilines is 1. The van der Waals surface area contributed by atoms with Gasteiger partial charge in [-0.3, -0.25) is 14.5 Å². The summed E-state index contributed by atoms with van der Waals surface area (Å²) in [7, 11) is 0. The highest BCUT2D eigenvalue weighted by atomic mass is 16.5. The summed E-state index contributed by atoms with van der Waals surface area (Å²) in [5.74, 6) is -0.122. The SMILES string of the molecule is Cc1cccc(CN2C(=O)N/C(=C/c3ccc(OCC(=O)Nc4ccccc4)cc3)C2=O)c1. The lowest BCUT2D eigenvalue weighted by molar-refractivity contribution is -0.123. The Bertz CT molecular complexity index is 1200. The molecule has 7 nitrogen and oxygen atoms in total. The molecule has 4 amide bonds. The van der Waals surface area contributed by atoms with Crippen molar-refractivity contribution in [2.75, 3.05) is 11.9 Å². The second-order valence-electron chi connectivity index (χ2n) is 7.64. The van der Waals surface area contributed by atoms with Crippen LogP contribution in [-0.2, 0) is 16.1 Å². The lowest BCUT2D eigenvalue weighted by Gasteiger charge is -2.12. The van der Waals surface area contributed by atoms with Gasteiger partial charge in [0.1, 0.15) is 11.4 Å². The molecule has 0 unspecified atom stereocenters. The smallest absolute Gasteiger partial charge is 0.329 e. The van der Waals surface area contributed by atoms with Crippen molar-refractivity contribution >= 4 is 29.6 Å². The first-order chi connectivity index (χ1) is 16.0. The maximum atomic E-state index is 12.7. The van der Waals surface area contributed by atoms with Gasteiger partial charge in [0.15, 0.2) is 6.61 Å². The summed E-state index contributed by atoms with van der Waals surface area (Å²) in [4.78, 5) is 38.2. The molecule has 3 aromatic carbocycles. The van der Waals surface area contributed by atoms with E-state index in [4.69, 9.17) is 4.74 Å². The Kier molecular flexibility index (Phi) is 6.50. The summed E-state index contributed by atoms with van der Waals surface area (Å²) in [6.45, 7) is 2.04. The van der Waals surface area contributed by atoms with Crippen molar-refractivity contribution in [3.05, 3.63) is 101 Å². The summed E-state index contributed by atoms with van der Waals surface area (Å²) >= 11 is 0. The van der Waals surface area contributed by atoms with E-state index in [1.54, 1.807) is 42.5 Å². The van der Waals surface area contributed by atoms with Crippen LogP contribution in [0.4, 0.5) is 10.5 Å². The number of aryl methyl sites for hydroxylation is 1. The van der Waals surface area contributed by atoms with Crippen LogP contribution in [0.25, 0.3) is 6.08 Å². The molecule has 7 heteroatoms. The molecule has 0 radical (unpaired) electrons. The fourth-order valence-electron chi connectivity index (χ4n) is 3.40. The molecule has 0 atom stereocenters. The molecule has 1 heterocycles. The fraction of sp³-hybridized carbons (Fsp3) is 0.115. The molecule has 0 bridgehead atoms. The number of hydrogen-bond acceptors (Lipinski definition) is 4. The Morgan fingerprint density at radius 1 is 1.00 bits per heavy atom. The first-order valence-electron chi connectivity index (χ1n) is 10.5. The fourth-order valence-corrected chi connectivity index (χ4v) is 3.40. The standard InChI is InChI=1S/C26H23N3O4/c1-18-6-5-7-20(14-18)16-29-25(31)23(28-26(29)32)15-19-10-12-22(13-11-19)33-17-24(30)27-21-8-3-2-4-9-21/h2-15H,16-17H2,1H3,(H,27,30)(H,28,32)/b23-15+. The number of carbonyl (C=O) groups is 3. The number of amides is 4. The molecular formula is C26H23N3O4. The van der Waals surface area contributed by atoms with Gasteiger partial charge in [-0.2, -0.15) is 0 Å². The van der Waals surface area contributed by atoms with Crippen LogP contribution < -0.4 is 15.4 Å². The molecule has 3 aromatic rings. The molecule has 1 saturated heterocycles. The highest BCUT2D eigenvalue weighted by molar-refractivity contribution is 6.13. The molecule has 1 aliphatic rings. The molecule has 166 valence electrons. The number of hydrogen-bond donors (Lipinski definition) is 2. The first-order valence-corrected chi connectivity index (χ1v) is 10.5. The number of rotatable bonds is 7. The van der Waals surface area contributed by atoms with Crippen LogP contribution in [0.1, 0.15) is 16.7 Å². The van der Waals surface area contributed by atoms with Crippen molar-refractivity contribution in [2.45, 2.75) is 13.5 Å². The lowest BCUT2D eigenvalue weighted by atomic mass is 10.1.